The highest BCUT2D eigenvalue weighted by molar-refractivity contribution is 5.99. The van der Waals surface area contributed by atoms with Crippen molar-refractivity contribution < 1.29 is 4.39 Å². The van der Waals surface area contributed by atoms with Crippen molar-refractivity contribution in [2.24, 2.45) is 0 Å². The maximum atomic E-state index is 14.8. The lowest BCUT2D eigenvalue weighted by Crippen LogP contribution is -2.11. The Balaban J connectivity index is 2.04. The second-order valence-corrected chi connectivity index (χ2v) is 7.67. The van der Waals surface area contributed by atoms with Crippen molar-refractivity contribution in [2.75, 3.05) is 5.73 Å². The number of anilines is 1. The van der Waals surface area contributed by atoms with Crippen LogP contribution in [0, 0.1) is 31.0 Å². The van der Waals surface area contributed by atoms with Crippen LogP contribution in [0.2, 0.25) is 0 Å². The summed E-state index contributed by atoms with van der Waals surface area (Å²) >= 11 is 0. The topological polar surface area (TPSA) is 54.7 Å². The van der Waals surface area contributed by atoms with Gasteiger partial charge in [0.25, 0.3) is 0 Å². The molecule has 3 aromatic rings. The second kappa shape index (κ2) is 6.74. The Morgan fingerprint density at radius 1 is 1.15 bits per heavy atom. The molecule has 27 heavy (non-hydrogen) atoms. The SMILES string of the molecule is Cc1cc2c(cc1C#N)c(-c1c(F)ccc(N)c1C)cn2C1CCCCC1. The van der Waals surface area contributed by atoms with Crippen molar-refractivity contribution in [3.63, 3.8) is 0 Å². The third-order valence-corrected chi connectivity index (χ3v) is 5.99. The van der Waals surface area contributed by atoms with Gasteiger partial charge < -0.3 is 10.3 Å². The minimum absolute atomic E-state index is 0.275. The standard InChI is InChI=1S/C23H24FN3/c1-14-10-22-18(11-16(14)12-25)19(13-27(22)17-6-4-3-5-7-17)23-15(2)21(26)9-8-20(23)24/h8-11,13,17H,3-7,26H2,1-2H3. The first-order valence-electron chi connectivity index (χ1n) is 9.61. The molecule has 1 aliphatic rings. The van der Waals surface area contributed by atoms with Gasteiger partial charge >= 0.3 is 0 Å². The summed E-state index contributed by atoms with van der Waals surface area (Å²) in [4.78, 5) is 0. The summed E-state index contributed by atoms with van der Waals surface area (Å²) in [6.45, 7) is 3.82. The highest BCUT2D eigenvalue weighted by atomic mass is 19.1. The Morgan fingerprint density at radius 3 is 2.59 bits per heavy atom. The molecule has 1 heterocycles. The van der Waals surface area contributed by atoms with E-state index in [4.69, 9.17) is 5.73 Å². The monoisotopic (exact) mass is 361 g/mol. The first-order chi connectivity index (χ1) is 13.0. The molecule has 3 nitrogen and oxygen atoms in total. The van der Waals surface area contributed by atoms with Gasteiger partial charge in [-0.3, -0.25) is 0 Å². The van der Waals surface area contributed by atoms with Gasteiger partial charge in [-0.05, 0) is 62.1 Å². The number of nitriles is 1. The van der Waals surface area contributed by atoms with E-state index >= 15 is 0 Å². The van der Waals surface area contributed by atoms with Crippen molar-refractivity contribution in [2.45, 2.75) is 52.0 Å². The lowest BCUT2D eigenvalue weighted by Gasteiger charge is -2.24. The number of halogens is 1. The van der Waals surface area contributed by atoms with E-state index in [0.29, 0.717) is 22.9 Å². The lowest BCUT2D eigenvalue weighted by molar-refractivity contribution is 0.361. The molecule has 0 unspecified atom stereocenters. The summed E-state index contributed by atoms with van der Waals surface area (Å²) in [6, 6.07) is 9.71. The Labute approximate surface area is 159 Å². The molecule has 0 radical (unpaired) electrons. The van der Waals surface area contributed by atoms with Crippen LogP contribution >= 0.6 is 0 Å². The Kier molecular flexibility index (Phi) is 4.39. The van der Waals surface area contributed by atoms with Crippen LogP contribution < -0.4 is 5.73 Å². The second-order valence-electron chi connectivity index (χ2n) is 7.67. The Morgan fingerprint density at radius 2 is 1.89 bits per heavy atom. The molecule has 4 rings (SSSR count). The fourth-order valence-electron chi connectivity index (χ4n) is 4.41. The van der Waals surface area contributed by atoms with Crippen molar-refractivity contribution in [3.05, 3.63) is 53.0 Å². The average Bonchev–Trinajstić information content (AvgIpc) is 3.03. The number of rotatable bonds is 2. The number of nitrogen functional groups attached to an aromatic ring is 1. The van der Waals surface area contributed by atoms with Gasteiger partial charge in [-0.15, -0.1) is 0 Å². The van der Waals surface area contributed by atoms with E-state index in [2.05, 4.69) is 22.9 Å². The maximum absolute atomic E-state index is 14.8. The molecule has 4 heteroatoms. The van der Waals surface area contributed by atoms with Gasteiger partial charge in [0.1, 0.15) is 5.82 Å². The molecule has 138 valence electrons. The van der Waals surface area contributed by atoms with Crippen LogP contribution in [0.4, 0.5) is 10.1 Å². The first kappa shape index (κ1) is 17.6. The molecule has 0 bridgehead atoms. The van der Waals surface area contributed by atoms with Crippen LogP contribution in [-0.4, -0.2) is 4.57 Å². The molecule has 1 aromatic heterocycles. The number of hydrogen-bond acceptors (Lipinski definition) is 2. The van der Waals surface area contributed by atoms with E-state index < -0.39 is 0 Å². The fourth-order valence-corrected chi connectivity index (χ4v) is 4.41. The molecular weight excluding hydrogens is 337 g/mol. The maximum Gasteiger partial charge on any atom is 0.131 e. The van der Waals surface area contributed by atoms with Crippen LogP contribution in [0.25, 0.3) is 22.0 Å². The first-order valence-corrected chi connectivity index (χ1v) is 9.61. The van der Waals surface area contributed by atoms with Crippen LogP contribution in [0.5, 0.6) is 0 Å². The average molecular weight is 361 g/mol. The van der Waals surface area contributed by atoms with E-state index in [0.717, 1.165) is 40.4 Å². The van der Waals surface area contributed by atoms with Gasteiger partial charge in [-0.25, -0.2) is 4.39 Å². The largest absolute Gasteiger partial charge is 0.398 e. The highest BCUT2D eigenvalue weighted by Gasteiger charge is 2.23. The third-order valence-electron chi connectivity index (χ3n) is 5.99. The quantitative estimate of drug-likeness (QED) is 0.567. The van der Waals surface area contributed by atoms with Gasteiger partial charge in [-0.1, -0.05) is 19.3 Å². The van der Waals surface area contributed by atoms with Crippen LogP contribution in [0.15, 0.2) is 30.5 Å². The zero-order valence-corrected chi connectivity index (χ0v) is 15.8. The molecular formula is C23H24FN3. The molecule has 0 amide bonds. The molecule has 0 aliphatic heterocycles. The minimum atomic E-state index is -0.275. The van der Waals surface area contributed by atoms with Crippen molar-refractivity contribution >= 4 is 16.6 Å². The van der Waals surface area contributed by atoms with Gasteiger partial charge in [0.2, 0.25) is 0 Å². The number of fused-ring (bicyclic) bond motifs is 1. The van der Waals surface area contributed by atoms with Crippen LogP contribution in [-0.2, 0) is 0 Å². The zero-order valence-electron chi connectivity index (χ0n) is 15.8. The summed E-state index contributed by atoms with van der Waals surface area (Å²) in [6.07, 6.45) is 8.08. The highest BCUT2D eigenvalue weighted by Crippen LogP contribution is 2.40. The third kappa shape index (κ3) is 2.88. The fraction of sp³-hybridized carbons (Fsp3) is 0.348. The van der Waals surface area contributed by atoms with Gasteiger partial charge in [0.15, 0.2) is 0 Å². The van der Waals surface area contributed by atoms with E-state index in [1.54, 1.807) is 6.07 Å². The number of aryl methyl sites for hydroxylation is 1. The number of nitrogens with two attached hydrogens (primary N) is 1. The predicted octanol–water partition coefficient (Wildman–Crippen LogP) is 6.02. The Bertz CT molecular complexity index is 1070. The van der Waals surface area contributed by atoms with Crippen molar-refractivity contribution in [1.82, 2.24) is 4.57 Å². The molecule has 0 atom stereocenters. The normalized spacial score (nSPS) is 15.2. The minimum Gasteiger partial charge on any atom is -0.398 e. The molecule has 0 saturated heterocycles. The van der Waals surface area contributed by atoms with Crippen molar-refractivity contribution in [1.29, 1.82) is 5.26 Å². The van der Waals surface area contributed by atoms with Gasteiger partial charge in [-0.2, -0.15) is 5.26 Å². The van der Waals surface area contributed by atoms with E-state index in [-0.39, 0.29) is 5.82 Å². The molecule has 1 fully saturated rings. The van der Waals surface area contributed by atoms with E-state index in [1.165, 1.54) is 25.3 Å². The summed E-state index contributed by atoms with van der Waals surface area (Å²) in [5.74, 6) is -0.275. The summed E-state index contributed by atoms with van der Waals surface area (Å²) in [5, 5.41) is 10.4. The number of aromatic nitrogens is 1. The molecule has 1 aliphatic carbocycles. The molecule has 2 N–H and O–H groups in total. The molecule has 0 spiro atoms. The number of benzene rings is 2. The predicted molar refractivity (Wildman–Crippen MR) is 108 cm³/mol. The lowest BCUT2D eigenvalue weighted by atomic mass is 9.95. The molecule has 1 saturated carbocycles. The van der Waals surface area contributed by atoms with E-state index in [9.17, 15) is 9.65 Å². The van der Waals surface area contributed by atoms with Crippen LogP contribution in [0.3, 0.4) is 0 Å². The van der Waals surface area contributed by atoms with Gasteiger partial charge in [0.05, 0.1) is 11.6 Å². The van der Waals surface area contributed by atoms with Crippen molar-refractivity contribution in [3.8, 4) is 17.2 Å². The molecule has 2 aromatic carbocycles. The number of hydrogen-bond donors (Lipinski definition) is 1. The number of nitrogens with zero attached hydrogens (tertiary/aromatic N) is 2. The summed E-state index contributed by atoms with van der Waals surface area (Å²) < 4.78 is 17.1. The van der Waals surface area contributed by atoms with E-state index in [1.807, 2.05) is 19.9 Å². The summed E-state index contributed by atoms with van der Waals surface area (Å²) in [5.41, 5.74) is 11.4. The smallest absolute Gasteiger partial charge is 0.131 e. The van der Waals surface area contributed by atoms with Gasteiger partial charge in [0, 0.05) is 40.0 Å². The summed E-state index contributed by atoms with van der Waals surface area (Å²) in [7, 11) is 0. The zero-order chi connectivity index (χ0) is 19.1. The van der Waals surface area contributed by atoms with Crippen LogP contribution in [0.1, 0.15) is 54.8 Å². The Hall–Kier alpha value is -2.80.